The zero-order valence-electron chi connectivity index (χ0n) is 14.5. The SMILES string of the molecule is O=C([O-])C(=O)O.Oc1ccc(CC[NH2+]CC2COc3ccccc3O2)cc1. The first-order valence-electron chi connectivity index (χ1n) is 8.38. The van der Waals surface area contributed by atoms with Crippen LogP contribution in [0.1, 0.15) is 5.56 Å². The molecule has 0 radical (unpaired) electrons. The summed E-state index contributed by atoms with van der Waals surface area (Å²) in [7, 11) is 0. The molecule has 0 aromatic heterocycles. The number of hydrogen-bond acceptors (Lipinski definition) is 6. The lowest BCUT2D eigenvalue weighted by Crippen LogP contribution is -2.87. The number of aromatic hydroxyl groups is 1. The lowest BCUT2D eigenvalue weighted by atomic mass is 10.1. The monoisotopic (exact) mass is 375 g/mol. The van der Waals surface area contributed by atoms with E-state index >= 15 is 0 Å². The third-order valence-electron chi connectivity index (χ3n) is 3.75. The predicted octanol–water partition coefficient (Wildman–Crippen LogP) is -0.841. The summed E-state index contributed by atoms with van der Waals surface area (Å²) in [6, 6.07) is 15.2. The summed E-state index contributed by atoms with van der Waals surface area (Å²) in [6.45, 7) is 2.48. The molecule has 1 aliphatic rings. The zero-order chi connectivity index (χ0) is 19.6. The van der Waals surface area contributed by atoms with Crippen molar-refractivity contribution < 1.29 is 39.7 Å². The van der Waals surface area contributed by atoms with Gasteiger partial charge in [0.2, 0.25) is 0 Å². The highest BCUT2D eigenvalue weighted by Gasteiger charge is 2.21. The average molecular weight is 375 g/mol. The first-order valence-corrected chi connectivity index (χ1v) is 8.38. The zero-order valence-corrected chi connectivity index (χ0v) is 14.5. The molecule has 0 aliphatic carbocycles. The van der Waals surface area contributed by atoms with Crippen molar-refractivity contribution in [3.8, 4) is 17.2 Å². The van der Waals surface area contributed by atoms with Crippen molar-refractivity contribution in [3.63, 3.8) is 0 Å². The summed E-state index contributed by atoms with van der Waals surface area (Å²) in [6.07, 6.45) is 1.07. The van der Waals surface area contributed by atoms with E-state index in [-0.39, 0.29) is 6.10 Å². The molecule has 0 amide bonds. The quantitative estimate of drug-likeness (QED) is 0.458. The van der Waals surface area contributed by atoms with Gasteiger partial charge in [0.15, 0.2) is 23.6 Å². The molecule has 8 heteroatoms. The highest BCUT2D eigenvalue weighted by Crippen LogP contribution is 2.30. The van der Waals surface area contributed by atoms with Crippen LogP contribution in [-0.2, 0) is 16.0 Å². The van der Waals surface area contributed by atoms with Crippen LogP contribution in [0.5, 0.6) is 17.2 Å². The van der Waals surface area contributed by atoms with Gasteiger partial charge < -0.3 is 34.9 Å². The van der Waals surface area contributed by atoms with E-state index in [9.17, 15) is 5.11 Å². The molecule has 2 aromatic carbocycles. The highest BCUT2D eigenvalue weighted by atomic mass is 16.6. The number of phenolic OH excluding ortho intramolecular Hbond substituents is 1. The molecule has 1 unspecified atom stereocenters. The molecule has 4 N–H and O–H groups in total. The van der Waals surface area contributed by atoms with Crippen LogP contribution in [0.4, 0.5) is 0 Å². The minimum absolute atomic E-state index is 0.0970. The van der Waals surface area contributed by atoms with Crippen molar-refractivity contribution in [2.75, 3.05) is 19.7 Å². The van der Waals surface area contributed by atoms with Crippen LogP contribution >= 0.6 is 0 Å². The topological polar surface area (TPSA) is 133 Å². The van der Waals surface area contributed by atoms with E-state index in [1.54, 1.807) is 12.1 Å². The van der Waals surface area contributed by atoms with Crippen LogP contribution in [0.25, 0.3) is 0 Å². The van der Waals surface area contributed by atoms with E-state index in [0.717, 1.165) is 31.0 Å². The number of carboxylic acid groups (broad SMARTS) is 2. The van der Waals surface area contributed by atoms with Crippen LogP contribution in [-0.4, -0.2) is 48.0 Å². The number of hydrogen-bond donors (Lipinski definition) is 3. The molecule has 3 rings (SSSR count). The van der Waals surface area contributed by atoms with Crippen molar-refractivity contribution >= 4 is 11.9 Å². The van der Waals surface area contributed by atoms with Gasteiger partial charge >= 0.3 is 5.97 Å². The molecule has 0 fully saturated rings. The van der Waals surface area contributed by atoms with E-state index in [1.807, 2.05) is 36.4 Å². The minimum Gasteiger partial charge on any atom is -0.539 e. The van der Waals surface area contributed by atoms with Gasteiger partial charge in [-0.15, -0.1) is 0 Å². The van der Waals surface area contributed by atoms with E-state index in [2.05, 4.69) is 5.32 Å². The number of para-hydroxylation sites is 2. The fourth-order valence-corrected chi connectivity index (χ4v) is 2.41. The van der Waals surface area contributed by atoms with Gasteiger partial charge in [-0.2, -0.15) is 0 Å². The van der Waals surface area contributed by atoms with Gasteiger partial charge in [0.25, 0.3) is 0 Å². The van der Waals surface area contributed by atoms with Gasteiger partial charge in [-0.25, -0.2) is 4.79 Å². The Morgan fingerprint density at radius 2 is 1.74 bits per heavy atom. The second-order valence-corrected chi connectivity index (χ2v) is 5.82. The smallest absolute Gasteiger partial charge is 0.351 e. The van der Waals surface area contributed by atoms with E-state index < -0.39 is 11.9 Å². The number of quaternary nitrogens is 1. The second-order valence-electron chi connectivity index (χ2n) is 5.82. The summed E-state index contributed by atoms with van der Waals surface area (Å²) < 4.78 is 11.6. The van der Waals surface area contributed by atoms with Crippen molar-refractivity contribution in [2.24, 2.45) is 0 Å². The van der Waals surface area contributed by atoms with Crippen molar-refractivity contribution in [2.45, 2.75) is 12.5 Å². The predicted molar refractivity (Wildman–Crippen MR) is 92.5 cm³/mol. The molecule has 27 heavy (non-hydrogen) atoms. The van der Waals surface area contributed by atoms with Gasteiger partial charge in [-0.3, -0.25) is 0 Å². The highest BCUT2D eigenvalue weighted by molar-refractivity contribution is 6.26. The molecular formula is C19H21NO7. The number of fused-ring (bicyclic) bond motifs is 1. The lowest BCUT2D eigenvalue weighted by Gasteiger charge is -2.25. The number of rotatable bonds is 5. The largest absolute Gasteiger partial charge is 0.539 e. The van der Waals surface area contributed by atoms with Crippen LogP contribution in [0.15, 0.2) is 48.5 Å². The minimum atomic E-state index is -2.07. The van der Waals surface area contributed by atoms with E-state index in [1.165, 1.54) is 5.56 Å². The number of aliphatic carboxylic acids is 2. The summed E-state index contributed by atoms with van der Waals surface area (Å²) in [4.78, 5) is 18.0. The second kappa shape index (κ2) is 10.0. The van der Waals surface area contributed by atoms with Crippen LogP contribution < -0.4 is 19.9 Å². The van der Waals surface area contributed by atoms with E-state index in [0.29, 0.717) is 12.4 Å². The molecule has 0 bridgehead atoms. The van der Waals surface area contributed by atoms with Crippen LogP contribution in [0, 0.1) is 0 Å². The summed E-state index contributed by atoms with van der Waals surface area (Å²) >= 11 is 0. The molecule has 144 valence electrons. The Hall–Kier alpha value is -3.26. The molecule has 0 spiro atoms. The fraction of sp³-hybridized carbons (Fsp3) is 0.263. The van der Waals surface area contributed by atoms with Crippen LogP contribution in [0.2, 0.25) is 0 Å². The number of carbonyl (C=O) groups excluding carboxylic acids is 1. The Balaban J connectivity index is 0.000000380. The Bertz CT molecular complexity index is 749. The molecule has 0 saturated carbocycles. The van der Waals surface area contributed by atoms with Gasteiger partial charge in [0.05, 0.1) is 6.54 Å². The first kappa shape index (κ1) is 20.1. The lowest BCUT2D eigenvalue weighted by molar-refractivity contribution is -0.660. The number of benzene rings is 2. The normalized spacial score (nSPS) is 14.6. The molecular weight excluding hydrogens is 354 g/mol. The average Bonchev–Trinajstić information content (AvgIpc) is 2.67. The number of phenols is 1. The van der Waals surface area contributed by atoms with Crippen molar-refractivity contribution in [1.29, 1.82) is 0 Å². The maximum absolute atomic E-state index is 9.24. The number of carbonyl (C=O) groups is 2. The van der Waals surface area contributed by atoms with Gasteiger partial charge in [-0.05, 0) is 29.8 Å². The molecule has 0 saturated heterocycles. The summed E-state index contributed by atoms with van der Waals surface area (Å²) in [5.41, 5.74) is 1.23. The maximum atomic E-state index is 9.24. The van der Waals surface area contributed by atoms with Crippen molar-refractivity contribution in [1.82, 2.24) is 0 Å². The Morgan fingerprint density at radius 1 is 1.11 bits per heavy atom. The summed E-state index contributed by atoms with van der Waals surface area (Å²) in [5, 5.41) is 27.8. The first-order chi connectivity index (χ1) is 13.0. The van der Waals surface area contributed by atoms with Crippen LogP contribution in [0.3, 0.4) is 0 Å². The van der Waals surface area contributed by atoms with Crippen molar-refractivity contribution in [3.05, 3.63) is 54.1 Å². The third kappa shape index (κ3) is 6.87. The number of nitrogens with two attached hydrogens (primary N) is 1. The van der Waals surface area contributed by atoms with Gasteiger partial charge in [-0.1, -0.05) is 24.3 Å². The number of ether oxygens (including phenoxy) is 2. The van der Waals surface area contributed by atoms with E-state index in [4.69, 9.17) is 29.3 Å². The Morgan fingerprint density at radius 3 is 2.37 bits per heavy atom. The molecule has 8 nitrogen and oxygen atoms in total. The molecule has 2 aromatic rings. The Kier molecular flexibility index (Phi) is 7.45. The fourth-order valence-electron chi connectivity index (χ4n) is 2.41. The third-order valence-corrected chi connectivity index (χ3v) is 3.75. The molecule has 1 aliphatic heterocycles. The molecule has 1 heterocycles. The Labute approximate surface area is 156 Å². The van der Waals surface area contributed by atoms with Gasteiger partial charge in [0.1, 0.15) is 18.9 Å². The standard InChI is InChI=1S/C17H19NO3.C2H2O4/c19-14-7-5-13(6-8-14)9-10-18-11-15-12-20-16-3-1-2-4-17(16)21-15;3-1(4)2(5)6/h1-8,15,18-19H,9-12H2;(H,3,4)(H,5,6). The van der Waals surface area contributed by atoms with Gasteiger partial charge in [0, 0.05) is 6.42 Å². The number of carboxylic acids is 2. The maximum Gasteiger partial charge on any atom is 0.351 e. The molecule has 1 atom stereocenters. The summed E-state index contributed by atoms with van der Waals surface area (Å²) in [5.74, 6) is -2.03.